The molecular weight excluding hydrogens is 406 g/mol. The van der Waals surface area contributed by atoms with E-state index in [1.807, 2.05) is 13.0 Å². The van der Waals surface area contributed by atoms with Crippen LogP contribution in [0.1, 0.15) is 62.6 Å². The molecule has 0 saturated heterocycles. The summed E-state index contributed by atoms with van der Waals surface area (Å²) in [6, 6.07) is 11.1. The monoisotopic (exact) mass is 439 g/mol. The highest BCUT2D eigenvalue weighted by Crippen LogP contribution is 2.31. The van der Waals surface area contributed by atoms with Gasteiger partial charge in [0.2, 0.25) is 0 Å². The minimum absolute atomic E-state index is 0.0363. The highest BCUT2D eigenvalue weighted by Gasteiger charge is 2.22. The maximum atomic E-state index is 12.1. The highest BCUT2D eigenvalue weighted by atomic mass is 16.5. The van der Waals surface area contributed by atoms with Gasteiger partial charge in [-0.1, -0.05) is 32.1 Å². The fraction of sp³-hybridized carbons (Fsp3) is 0.440. The highest BCUT2D eigenvalue weighted by molar-refractivity contribution is 5.95. The molecule has 1 atom stereocenters. The van der Waals surface area contributed by atoms with Gasteiger partial charge in [-0.3, -0.25) is 5.41 Å². The largest absolute Gasteiger partial charge is 0.494 e. The second-order valence-corrected chi connectivity index (χ2v) is 8.22. The van der Waals surface area contributed by atoms with Crippen LogP contribution < -0.4 is 20.5 Å². The quantitative estimate of drug-likeness (QED) is 0.290. The second-order valence-electron chi connectivity index (χ2n) is 8.22. The van der Waals surface area contributed by atoms with Crippen molar-refractivity contribution in [2.75, 3.05) is 18.5 Å². The number of amidine groups is 1. The lowest BCUT2D eigenvalue weighted by atomic mass is 9.87. The van der Waals surface area contributed by atoms with Crippen molar-refractivity contribution in [2.45, 2.75) is 51.5 Å². The van der Waals surface area contributed by atoms with Gasteiger partial charge in [0, 0.05) is 17.3 Å². The Morgan fingerprint density at radius 1 is 1.12 bits per heavy atom. The molecule has 5 N–H and O–H groups in total. The minimum atomic E-state index is -1.01. The number of anilines is 1. The third-order valence-electron chi connectivity index (χ3n) is 5.82. The number of hydrogen-bond acceptors (Lipinski definition) is 5. The van der Waals surface area contributed by atoms with E-state index in [9.17, 15) is 9.90 Å². The number of carbonyl (C=O) groups is 1. The molecule has 1 aliphatic rings. The smallest absolute Gasteiger partial charge is 0.330 e. The maximum Gasteiger partial charge on any atom is 0.330 e. The Hall–Kier alpha value is -3.22. The summed E-state index contributed by atoms with van der Waals surface area (Å²) in [6.45, 7) is 2.97. The van der Waals surface area contributed by atoms with Crippen LogP contribution in [0.3, 0.4) is 0 Å². The molecule has 3 rings (SSSR count). The van der Waals surface area contributed by atoms with Crippen molar-refractivity contribution in [1.29, 1.82) is 5.41 Å². The van der Waals surface area contributed by atoms with Crippen LogP contribution in [0.2, 0.25) is 0 Å². The van der Waals surface area contributed by atoms with Gasteiger partial charge in [0.25, 0.3) is 0 Å². The molecule has 0 aliphatic heterocycles. The van der Waals surface area contributed by atoms with Crippen LogP contribution in [0.25, 0.3) is 0 Å². The third kappa shape index (κ3) is 6.64. The molecule has 0 bridgehead atoms. The molecule has 1 saturated carbocycles. The predicted molar refractivity (Wildman–Crippen MR) is 126 cm³/mol. The average Bonchev–Trinajstić information content (AvgIpc) is 2.78. The lowest BCUT2D eigenvalue weighted by Crippen LogP contribution is -2.21. The molecule has 0 amide bonds. The Balaban J connectivity index is 1.75. The first-order chi connectivity index (χ1) is 15.5. The standard InChI is InChI=1S/C25H33N3O4/c1-2-31-21-14-19(15-22(16-21)32-13-12-17-6-4-3-5-7-17)23(25(29)30)28-20-10-8-18(9-11-20)24(26)27/h8-11,14-17,23,28H,2-7,12-13H2,1H3,(H3,26,27)(H,29,30)/t23-/m1/s1. The van der Waals surface area contributed by atoms with Gasteiger partial charge in [-0.05, 0) is 61.2 Å². The van der Waals surface area contributed by atoms with Crippen molar-refractivity contribution < 1.29 is 19.4 Å². The summed E-state index contributed by atoms with van der Waals surface area (Å²) in [6.07, 6.45) is 7.47. The molecule has 32 heavy (non-hydrogen) atoms. The third-order valence-corrected chi connectivity index (χ3v) is 5.82. The van der Waals surface area contributed by atoms with Gasteiger partial charge in [0.1, 0.15) is 17.3 Å². The van der Waals surface area contributed by atoms with E-state index in [-0.39, 0.29) is 5.84 Å². The minimum Gasteiger partial charge on any atom is -0.494 e. The Labute approximate surface area is 189 Å². The summed E-state index contributed by atoms with van der Waals surface area (Å²) < 4.78 is 11.7. The number of carboxylic acid groups (broad SMARTS) is 1. The van der Waals surface area contributed by atoms with Gasteiger partial charge in [-0.2, -0.15) is 0 Å². The second kappa shape index (κ2) is 11.4. The van der Waals surface area contributed by atoms with Crippen LogP contribution in [0, 0.1) is 11.3 Å². The van der Waals surface area contributed by atoms with Gasteiger partial charge >= 0.3 is 5.97 Å². The summed E-state index contributed by atoms with van der Waals surface area (Å²) in [4.78, 5) is 12.1. The number of nitrogen functional groups attached to an aromatic ring is 1. The van der Waals surface area contributed by atoms with Crippen LogP contribution in [-0.4, -0.2) is 30.1 Å². The Morgan fingerprint density at radius 3 is 2.38 bits per heavy atom. The van der Waals surface area contributed by atoms with E-state index in [0.717, 1.165) is 6.42 Å². The van der Waals surface area contributed by atoms with E-state index >= 15 is 0 Å². The van der Waals surface area contributed by atoms with E-state index in [1.54, 1.807) is 36.4 Å². The first-order valence-corrected chi connectivity index (χ1v) is 11.3. The number of hydrogen-bond donors (Lipinski definition) is 4. The number of ether oxygens (including phenoxy) is 2. The van der Waals surface area contributed by atoms with Crippen molar-refractivity contribution in [1.82, 2.24) is 0 Å². The lowest BCUT2D eigenvalue weighted by molar-refractivity contribution is -0.138. The van der Waals surface area contributed by atoms with E-state index in [2.05, 4.69) is 5.32 Å². The summed E-state index contributed by atoms with van der Waals surface area (Å²) in [5.41, 5.74) is 7.24. The zero-order valence-electron chi connectivity index (χ0n) is 18.6. The van der Waals surface area contributed by atoms with Gasteiger partial charge in [-0.15, -0.1) is 0 Å². The Kier molecular flexibility index (Phi) is 8.36. The van der Waals surface area contributed by atoms with Crippen molar-refractivity contribution >= 4 is 17.5 Å². The summed E-state index contributed by atoms with van der Waals surface area (Å²) in [7, 11) is 0. The predicted octanol–water partition coefficient (Wildman–Crippen LogP) is 4.96. The van der Waals surface area contributed by atoms with Gasteiger partial charge in [0.05, 0.1) is 13.2 Å². The summed E-state index contributed by atoms with van der Waals surface area (Å²) >= 11 is 0. The van der Waals surface area contributed by atoms with Gasteiger partial charge in [0.15, 0.2) is 6.04 Å². The molecule has 2 aromatic carbocycles. The maximum absolute atomic E-state index is 12.1. The molecule has 7 heteroatoms. The van der Waals surface area contributed by atoms with E-state index < -0.39 is 12.0 Å². The summed E-state index contributed by atoms with van der Waals surface area (Å²) in [5, 5.41) is 20.4. The zero-order chi connectivity index (χ0) is 22.9. The number of benzene rings is 2. The number of aliphatic carboxylic acids is 1. The molecule has 1 aliphatic carbocycles. The first-order valence-electron chi connectivity index (χ1n) is 11.3. The van der Waals surface area contributed by atoms with E-state index in [4.69, 9.17) is 20.6 Å². The van der Waals surface area contributed by atoms with Crippen molar-refractivity contribution in [3.05, 3.63) is 53.6 Å². The zero-order valence-corrected chi connectivity index (χ0v) is 18.6. The topological polar surface area (TPSA) is 118 Å². The number of rotatable bonds is 11. The lowest BCUT2D eigenvalue weighted by Gasteiger charge is -2.22. The molecule has 172 valence electrons. The van der Waals surface area contributed by atoms with Crippen LogP contribution >= 0.6 is 0 Å². The van der Waals surface area contributed by atoms with E-state index in [1.165, 1.54) is 32.1 Å². The Morgan fingerprint density at radius 2 is 1.78 bits per heavy atom. The molecule has 0 unspecified atom stereocenters. The van der Waals surface area contributed by atoms with Crippen LogP contribution in [0.5, 0.6) is 11.5 Å². The summed E-state index contributed by atoms with van der Waals surface area (Å²) in [5.74, 6) is 0.859. The van der Waals surface area contributed by atoms with Crippen molar-refractivity contribution in [2.24, 2.45) is 11.7 Å². The molecule has 0 aromatic heterocycles. The molecule has 1 fully saturated rings. The van der Waals surface area contributed by atoms with E-state index in [0.29, 0.717) is 47.4 Å². The number of carboxylic acids is 1. The number of nitrogens with two attached hydrogens (primary N) is 1. The molecular formula is C25H33N3O4. The van der Waals surface area contributed by atoms with Gasteiger partial charge < -0.3 is 25.6 Å². The molecule has 2 aromatic rings. The normalized spacial score (nSPS) is 15.0. The van der Waals surface area contributed by atoms with Crippen LogP contribution in [0.15, 0.2) is 42.5 Å². The SMILES string of the molecule is CCOc1cc(OCCC2CCCCC2)cc([C@@H](Nc2ccc(C(=N)N)cc2)C(=O)O)c1. The van der Waals surface area contributed by atoms with Crippen molar-refractivity contribution in [3.8, 4) is 11.5 Å². The van der Waals surface area contributed by atoms with Crippen LogP contribution in [0.4, 0.5) is 5.69 Å². The molecule has 0 heterocycles. The Bertz CT molecular complexity index is 908. The first kappa shape index (κ1) is 23.4. The molecule has 0 spiro atoms. The van der Waals surface area contributed by atoms with Crippen molar-refractivity contribution in [3.63, 3.8) is 0 Å². The van der Waals surface area contributed by atoms with Gasteiger partial charge in [-0.25, -0.2) is 4.79 Å². The van der Waals surface area contributed by atoms with Crippen LogP contribution in [-0.2, 0) is 4.79 Å². The fourth-order valence-corrected chi connectivity index (χ4v) is 4.11. The fourth-order valence-electron chi connectivity index (χ4n) is 4.11. The number of nitrogens with one attached hydrogen (secondary N) is 2. The average molecular weight is 440 g/mol. The molecule has 7 nitrogen and oxygen atoms in total. The molecule has 0 radical (unpaired) electrons.